The molecule has 4 aliphatic heterocycles. The van der Waals surface area contributed by atoms with Crippen molar-refractivity contribution in [2.75, 3.05) is 37.7 Å². The van der Waals surface area contributed by atoms with E-state index >= 15 is 4.39 Å². The van der Waals surface area contributed by atoms with Crippen LogP contribution in [-0.4, -0.2) is 82.3 Å². The van der Waals surface area contributed by atoms with Crippen LogP contribution in [0, 0.1) is 5.82 Å². The molecule has 2 bridgehead atoms. The molecule has 2 unspecified atom stereocenters. The minimum absolute atomic E-state index is 0.0106. The molecule has 4 aliphatic rings. The second-order valence-corrected chi connectivity index (χ2v) is 13.3. The number of anilines is 1. The van der Waals surface area contributed by atoms with Crippen LogP contribution in [0.1, 0.15) is 32.1 Å². The molecule has 232 valence electrons. The molecule has 10 heteroatoms. The predicted molar refractivity (Wildman–Crippen MR) is 172 cm³/mol. The Kier molecular flexibility index (Phi) is 6.95. The lowest BCUT2D eigenvalue weighted by molar-refractivity contribution is -0.129. The average molecular weight is 630 g/mol. The Morgan fingerprint density at radius 3 is 2.64 bits per heavy atom. The van der Waals surface area contributed by atoms with Gasteiger partial charge in [0.1, 0.15) is 24.4 Å². The topological polar surface area (TPSA) is 61.8 Å². The molecular formula is C35H34ClF2N5O2. The molecule has 4 saturated heterocycles. The maximum Gasteiger partial charge on any atom is 0.319 e. The summed E-state index contributed by atoms with van der Waals surface area (Å²) in [6.07, 6.45) is 4.59. The molecule has 1 aromatic heterocycles. The largest absolute Gasteiger partial charge is 0.461 e. The number of carbonyl (C=O) groups excluding carboxylic acids is 1. The first-order chi connectivity index (χ1) is 21.8. The minimum atomic E-state index is -0.870. The Bertz CT molecular complexity index is 1840. The summed E-state index contributed by atoms with van der Waals surface area (Å²) in [6, 6.07) is 14.8. The highest BCUT2D eigenvalue weighted by atomic mass is 35.5. The molecule has 0 aliphatic carbocycles. The van der Waals surface area contributed by atoms with E-state index in [4.69, 9.17) is 26.3 Å². The lowest BCUT2D eigenvalue weighted by Gasteiger charge is -2.41. The van der Waals surface area contributed by atoms with Gasteiger partial charge in [-0.1, -0.05) is 48.5 Å². The summed E-state index contributed by atoms with van der Waals surface area (Å²) in [4.78, 5) is 28.6. The second-order valence-electron chi connectivity index (χ2n) is 12.9. The third-order valence-corrected chi connectivity index (χ3v) is 10.6. The number of amides is 1. The molecule has 0 radical (unpaired) electrons. The fourth-order valence-corrected chi connectivity index (χ4v) is 8.62. The van der Waals surface area contributed by atoms with E-state index in [1.165, 1.54) is 12.1 Å². The number of hydrogen-bond donors (Lipinski definition) is 0. The van der Waals surface area contributed by atoms with Crippen molar-refractivity contribution in [3.05, 3.63) is 72.0 Å². The molecule has 3 aromatic carbocycles. The highest BCUT2D eigenvalue weighted by Gasteiger charge is 2.49. The van der Waals surface area contributed by atoms with Crippen molar-refractivity contribution < 1.29 is 18.3 Å². The standard InChI is InChI=1S/C35H34ClF2N5O2/c1-2-31(44)43-23-10-11-24(43)19-41(18-23)33-27-14-29(38)26(25-8-3-6-21-7-4-9-28(36)32(21)25)15-30(27)39-34(40-33)45-20-35-12-5-13-42(35)17-22(37)16-35/h2-4,6-9,14-15,22-24H,1,5,10-13,16-20H2/t22-,23?,24?,35+/m1/s1. The predicted octanol–water partition coefficient (Wildman–Crippen LogP) is 6.56. The summed E-state index contributed by atoms with van der Waals surface area (Å²) in [7, 11) is 0. The minimum Gasteiger partial charge on any atom is -0.461 e. The average Bonchev–Trinajstić information content (AvgIpc) is 3.65. The number of hydrogen-bond acceptors (Lipinski definition) is 6. The highest BCUT2D eigenvalue weighted by molar-refractivity contribution is 6.36. The summed E-state index contributed by atoms with van der Waals surface area (Å²) in [6.45, 7) is 6.39. The summed E-state index contributed by atoms with van der Waals surface area (Å²) >= 11 is 6.63. The lowest BCUT2D eigenvalue weighted by atomic mass is 9.95. The number of piperazine rings is 1. The van der Waals surface area contributed by atoms with Crippen molar-refractivity contribution in [1.29, 1.82) is 0 Å². The Labute approximate surface area is 265 Å². The molecule has 8 rings (SSSR count). The zero-order valence-corrected chi connectivity index (χ0v) is 25.6. The van der Waals surface area contributed by atoms with E-state index in [1.54, 1.807) is 12.1 Å². The summed E-state index contributed by atoms with van der Waals surface area (Å²) in [5.74, 6) is 0.109. The quantitative estimate of drug-likeness (QED) is 0.225. The van der Waals surface area contributed by atoms with Gasteiger partial charge in [0.15, 0.2) is 0 Å². The van der Waals surface area contributed by atoms with Crippen LogP contribution in [0.3, 0.4) is 0 Å². The lowest BCUT2D eigenvalue weighted by Crippen LogP contribution is -2.55. The smallest absolute Gasteiger partial charge is 0.319 e. The first-order valence-corrected chi connectivity index (χ1v) is 16.1. The van der Waals surface area contributed by atoms with E-state index in [0.717, 1.165) is 43.0 Å². The van der Waals surface area contributed by atoms with Crippen LogP contribution in [0.5, 0.6) is 6.01 Å². The van der Waals surface area contributed by atoms with Gasteiger partial charge in [0.2, 0.25) is 5.91 Å². The van der Waals surface area contributed by atoms with Gasteiger partial charge in [0.05, 0.1) is 11.1 Å². The van der Waals surface area contributed by atoms with Crippen LogP contribution < -0.4 is 9.64 Å². The van der Waals surface area contributed by atoms with Gasteiger partial charge < -0.3 is 14.5 Å². The van der Waals surface area contributed by atoms with Crippen LogP contribution in [0.4, 0.5) is 14.6 Å². The fourth-order valence-electron chi connectivity index (χ4n) is 8.33. The number of nitrogens with zero attached hydrogens (tertiary/aromatic N) is 5. The third-order valence-electron chi connectivity index (χ3n) is 10.3. The molecule has 0 N–H and O–H groups in total. The highest BCUT2D eigenvalue weighted by Crippen LogP contribution is 2.42. The van der Waals surface area contributed by atoms with Crippen LogP contribution in [-0.2, 0) is 4.79 Å². The molecule has 45 heavy (non-hydrogen) atoms. The molecule has 4 fully saturated rings. The molecular weight excluding hydrogens is 596 g/mol. The zero-order chi connectivity index (χ0) is 30.9. The monoisotopic (exact) mass is 629 g/mol. The van der Waals surface area contributed by atoms with Gasteiger partial charge >= 0.3 is 6.01 Å². The van der Waals surface area contributed by atoms with Crippen LogP contribution in [0.2, 0.25) is 5.02 Å². The molecule has 4 atom stereocenters. The summed E-state index contributed by atoms with van der Waals surface area (Å²) < 4.78 is 37.0. The van der Waals surface area contributed by atoms with Crippen molar-refractivity contribution in [2.45, 2.75) is 55.9 Å². The van der Waals surface area contributed by atoms with Gasteiger partial charge in [-0.25, -0.2) is 8.78 Å². The van der Waals surface area contributed by atoms with Crippen LogP contribution in [0.15, 0.2) is 61.2 Å². The summed E-state index contributed by atoms with van der Waals surface area (Å²) in [5, 5.41) is 2.80. The van der Waals surface area contributed by atoms with Gasteiger partial charge in [-0.05, 0) is 67.5 Å². The number of aromatic nitrogens is 2. The third kappa shape index (κ3) is 4.74. The van der Waals surface area contributed by atoms with E-state index in [1.807, 2.05) is 35.2 Å². The molecule has 0 spiro atoms. The fraction of sp³-hybridized carbons (Fsp3) is 0.400. The van der Waals surface area contributed by atoms with Crippen molar-refractivity contribution in [1.82, 2.24) is 19.8 Å². The molecule has 4 aromatic rings. The first kappa shape index (κ1) is 28.6. The van der Waals surface area contributed by atoms with E-state index in [2.05, 4.69) is 16.4 Å². The van der Waals surface area contributed by atoms with Gasteiger partial charge in [0.25, 0.3) is 0 Å². The second kappa shape index (κ2) is 10.9. The van der Waals surface area contributed by atoms with Crippen molar-refractivity contribution in [3.63, 3.8) is 0 Å². The number of rotatable bonds is 6. The van der Waals surface area contributed by atoms with Crippen LogP contribution in [0.25, 0.3) is 32.8 Å². The van der Waals surface area contributed by atoms with Crippen LogP contribution >= 0.6 is 11.6 Å². The zero-order valence-electron chi connectivity index (χ0n) is 24.9. The van der Waals surface area contributed by atoms with E-state index < -0.39 is 12.0 Å². The number of halogens is 3. The molecule has 5 heterocycles. The van der Waals surface area contributed by atoms with Gasteiger partial charge in [-0.2, -0.15) is 9.97 Å². The maximum atomic E-state index is 16.2. The molecule has 7 nitrogen and oxygen atoms in total. The number of fused-ring (bicyclic) bond motifs is 5. The molecule has 0 saturated carbocycles. The van der Waals surface area contributed by atoms with Crippen molar-refractivity contribution in [2.24, 2.45) is 0 Å². The van der Waals surface area contributed by atoms with E-state index in [0.29, 0.717) is 58.9 Å². The van der Waals surface area contributed by atoms with Crippen molar-refractivity contribution in [3.8, 4) is 17.1 Å². The Balaban J connectivity index is 1.23. The van der Waals surface area contributed by atoms with Gasteiger partial charge in [0, 0.05) is 59.5 Å². The summed E-state index contributed by atoms with van der Waals surface area (Å²) in [5.41, 5.74) is 1.24. The Hall–Kier alpha value is -3.82. The SMILES string of the molecule is C=CC(=O)N1C2CCC1CN(c1nc(OC[C@@]34CCCN3C[C@H](F)C4)nc3cc(-c4cccc5cccc(Cl)c45)c(F)cc13)C2. The van der Waals surface area contributed by atoms with Gasteiger partial charge in [-0.15, -0.1) is 0 Å². The normalized spacial score (nSPS) is 26.2. The number of alkyl halides is 1. The van der Waals surface area contributed by atoms with E-state index in [9.17, 15) is 9.18 Å². The molecule has 1 amide bonds. The van der Waals surface area contributed by atoms with Gasteiger partial charge in [-0.3, -0.25) is 9.69 Å². The Morgan fingerprint density at radius 1 is 1.09 bits per heavy atom. The first-order valence-electron chi connectivity index (χ1n) is 15.7. The number of benzene rings is 3. The maximum absolute atomic E-state index is 16.2. The Morgan fingerprint density at radius 2 is 1.87 bits per heavy atom. The number of ether oxygens (including phenoxy) is 1. The number of carbonyl (C=O) groups is 1. The van der Waals surface area contributed by atoms with E-state index in [-0.39, 0.29) is 36.1 Å². The van der Waals surface area contributed by atoms with Crippen molar-refractivity contribution >= 4 is 45.0 Å².